The highest BCUT2D eigenvalue weighted by molar-refractivity contribution is 6.32. The lowest BCUT2D eigenvalue weighted by Crippen LogP contribution is -2.41. The van der Waals surface area contributed by atoms with Gasteiger partial charge in [0, 0.05) is 17.7 Å². The Hall–Kier alpha value is -3.71. The molecule has 0 radical (unpaired) electrons. The van der Waals surface area contributed by atoms with Gasteiger partial charge in [0.15, 0.2) is 5.65 Å². The van der Waals surface area contributed by atoms with E-state index in [4.69, 9.17) is 21.4 Å². The van der Waals surface area contributed by atoms with Crippen LogP contribution >= 0.6 is 11.6 Å². The minimum Gasteiger partial charge on any atom is -0.492 e. The lowest BCUT2D eigenvalue weighted by molar-refractivity contribution is 0.0936. The largest absolute Gasteiger partial charge is 0.492 e. The minimum absolute atomic E-state index is 0.236. The number of aromatic nitrogens is 4. The fourth-order valence-corrected chi connectivity index (χ4v) is 4.23. The van der Waals surface area contributed by atoms with E-state index in [0.29, 0.717) is 35.1 Å². The molecule has 8 heteroatoms. The molecule has 0 aliphatic rings. The predicted octanol–water partition coefficient (Wildman–Crippen LogP) is 6.05. The van der Waals surface area contributed by atoms with Crippen molar-refractivity contribution in [1.29, 1.82) is 0 Å². The van der Waals surface area contributed by atoms with E-state index in [1.807, 2.05) is 51.4 Å². The highest BCUT2D eigenvalue weighted by Gasteiger charge is 2.29. The molecule has 2 heterocycles. The summed E-state index contributed by atoms with van der Waals surface area (Å²) in [6.07, 6.45) is 1.53. The van der Waals surface area contributed by atoms with E-state index in [1.54, 1.807) is 18.2 Å². The second kappa shape index (κ2) is 10.1. The molecule has 2 aromatic heterocycles. The summed E-state index contributed by atoms with van der Waals surface area (Å²) >= 11 is 6.27. The molecular weight excluding hydrogens is 474 g/mol. The van der Waals surface area contributed by atoms with Gasteiger partial charge in [-0.25, -0.2) is 14.6 Å². The average molecular weight is 504 g/mol. The standard InChI is InChI=1S/C28H30ClN5O2/c1-7-36-22-13-12-20(14-21(22)29)27(35)30-15-28(5,6)34-26-23(24(17(2)3)31-16-32-26)25(33-34)19-10-8-18(4)9-11-19/h8-14,16H,2,7,15H2,1,3-6H3,(H,30,35). The van der Waals surface area contributed by atoms with Crippen LogP contribution in [0.1, 0.15) is 49.3 Å². The van der Waals surface area contributed by atoms with Crippen LogP contribution in [0.25, 0.3) is 27.9 Å². The Bertz CT molecular complexity index is 1440. The fraction of sp³-hybridized carbons (Fsp3) is 0.286. The third kappa shape index (κ3) is 4.97. The quantitative estimate of drug-likeness (QED) is 0.316. The van der Waals surface area contributed by atoms with Crippen molar-refractivity contribution in [2.45, 2.75) is 40.2 Å². The summed E-state index contributed by atoms with van der Waals surface area (Å²) < 4.78 is 7.32. The summed E-state index contributed by atoms with van der Waals surface area (Å²) in [5.74, 6) is 0.316. The number of allylic oxidation sites excluding steroid dienone is 1. The first-order valence-electron chi connectivity index (χ1n) is 11.8. The van der Waals surface area contributed by atoms with Crippen LogP contribution in [0.3, 0.4) is 0 Å². The molecule has 1 N–H and O–H groups in total. The Labute approximate surface area is 216 Å². The van der Waals surface area contributed by atoms with Crippen molar-refractivity contribution in [3.63, 3.8) is 0 Å². The maximum Gasteiger partial charge on any atom is 0.251 e. The number of rotatable bonds is 8. The summed E-state index contributed by atoms with van der Waals surface area (Å²) in [5.41, 5.74) is 5.02. The van der Waals surface area contributed by atoms with Gasteiger partial charge in [0.05, 0.1) is 28.2 Å². The van der Waals surface area contributed by atoms with Gasteiger partial charge in [0.25, 0.3) is 5.91 Å². The van der Waals surface area contributed by atoms with Crippen molar-refractivity contribution in [2.24, 2.45) is 0 Å². The molecule has 0 bridgehead atoms. The van der Waals surface area contributed by atoms with Crippen molar-refractivity contribution in [3.8, 4) is 17.0 Å². The van der Waals surface area contributed by atoms with E-state index in [1.165, 1.54) is 6.33 Å². The molecule has 0 saturated heterocycles. The molecule has 186 valence electrons. The van der Waals surface area contributed by atoms with Gasteiger partial charge in [0.2, 0.25) is 0 Å². The highest BCUT2D eigenvalue weighted by atomic mass is 35.5. The number of ether oxygens (including phenoxy) is 1. The second-order valence-electron chi connectivity index (χ2n) is 9.40. The zero-order valence-electron chi connectivity index (χ0n) is 21.2. The maximum absolute atomic E-state index is 12.9. The third-order valence-electron chi connectivity index (χ3n) is 5.94. The van der Waals surface area contributed by atoms with E-state index >= 15 is 0 Å². The molecule has 0 aliphatic heterocycles. The van der Waals surface area contributed by atoms with Crippen LogP contribution in [0.5, 0.6) is 5.75 Å². The van der Waals surface area contributed by atoms with Gasteiger partial charge in [-0.3, -0.25) is 4.79 Å². The van der Waals surface area contributed by atoms with Crippen molar-refractivity contribution < 1.29 is 9.53 Å². The van der Waals surface area contributed by atoms with Gasteiger partial charge in [-0.15, -0.1) is 0 Å². The normalized spacial score (nSPS) is 11.5. The van der Waals surface area contributed by atoms with Gasteiger partial charge >= 0.3 is 0 Å². The molecule has 0 saturated carbocycles. The fourth-order valence-electron chi connectivity index (χ4n) is 4.00. The summed E-state index contributed by atoms with van der Waals surface area (Å²) in [6.45, 7) is 14.8. The molecule has 0 aliphatic carbocycles. The number of halogens is 1. The Morgan fingerprint density at radius 1 is 1.17 bits per heavy atom. The first kappa shape index (κ1) is 25.4. The maximum atomic E-state index is 12.9. The van der Waals surface area contributed by atoms with Crippen LogP contribution in [-0.2, 0) is 5.54 Å². The number of amides is 1. The number of hydrogen-bond acceptors (Lipinski definition) is 5. The summed E-state index contributed by atoms with van der Waals surface area (Å²) in [5, 5.41) is 9.24. The molecule has 2 aromatic carbocycles. The second-order valence-corrected chi connectivity index (χ2v) is 9.81. The van der Waals surface area contributed by atoms with Crippen LogP contribution < -0.4 is 10.1 Å². The Balaban J connectivity index is 1.69. The van der Waals surface area contributed by atoms with E-state index < -0.39 is 5.54 Å². The lowest BCUT2D eigenvalue weighted by atomic mass is 10.0. The number of benzene rings is 2. The van der Waals surface area contributed by atoms with E-state index in [9.17, 15) is 4.79 Å². The Morgan fingerprint density at radius 3 is 2.53 bits per heavy atom. The van der Waals surface area contributed by atoms with E-state index in [-0.39, 0.29) is 5.91 Å². The minimum atomic E-state index is -0.605. The first-order valence-corrected chi connectivity index (χ1v) is 12.2. The molecule has 0 fully saturated rings. The number of nitrogens with one attached hydrogen (secondary N) is 1. The third-order valence-corrected chi connectivity index (χ3v) is 6.24. The van der Waals surface area contributed by atoms with Crippen molar-refractivity contribution in [2.75, 3.05) is 13.2 Å². The van der Waals surface area contributed by atoms with Crippen LogP contribution in [0.4, 0.5) is 0 Å². The van der Waals surface area contributed by atoms with E-state index in [0.717, 1.165) is 33.5 Å². The van der Waals surface area contributed by atoms with Crippen molar-refractivity contribution in [3.05, 3.63) is 77.2 Å². The average Bonchev–Trinajstić information content (AvgIpc) is 3.25. The molecular formula is C28H30ClN5O2. The van der Waals surface area contributed by atoms with Gasteiger partial charge in [-0.2, -0.15) is 5.10 Å². The Morgan fingerprint density at radius 2 is 1.89 bits per heavy atom. The first-order chi connectivity index (χ1) is 17.1. The number of nitrogens with zero attached hydrogens (tertiary/aromatic N) is 4. The number of hydrogen-bond donors (Lipinski definition) is 1. The smallest absolute Gasteiger partial charge is 0.251 e. The summed E-state index contributed by atoms with van der Waals surface area (Å²) in [4.78, 5) is 22.0. The van der Waals surface area contributed by atoms with Gasteiger partial charge in [-0.1, -0.05) is 48.0 Å². The molecule has 4 aromatic rings. The molecule has 36 heavy (non-hydrogen) atoms. The number of carbonyl (C=O) groups is 1. The molecule has 0 atom stereocenters. The monoisotopic (exact) mass is 503 g/mol. The molecule has 0 spiro atoms. The summed E-state index contributed by atoms with van der Waals surface area (Å²) in [7, 11) is 0. The van der Waals surface area contributed by atoms with Crippen molar-refractivity contribution >= 4 is 34.1 Å². The Kier molecular flexibility index (Phi) is 7.13. The molecule has 1 amide bonds. The van der Waals surface area contributed by atoms with Gasteiger partial charge in [-0.05, 0) is 58.4 Å². The SMILES string of the molecule is C=C(C)c1ncnc2c1c(-c1ccc(C)cc1)nn2C(C)(C)CNC(=O)c1ccc(OCC)c(Cl)c1. The van der Waals surface area contributed by atoms with Crippen LogP contribution in [-0.4, -0.2) is 38.8 Å². The van der Waals surface area contributed by atoms with Crippen molar-refractivity contribution in [1.82, 2.24) is 25.1 Å². The van der Waals surface area contributed by atoms with Gasteiger partial charge < -0.3 is 10.1 Å². The zero-order valence-corrected chi connectivity index (χ0v) is 22.0. The number of carbonyl (C=O) groups excluding carboxylic acids is 1. The predicted molar refractivity (Wildman–Crippen MR) is 144 cm³/mol. The number of aryl methyl sites for hydroxylation is 1. The van der Waals surface area contributed by atoms with Crippen LogP contribution in [0, 0.1) is 6.92 Å². The highest BCUT2D eigenvalue weighted by Crippen LogP contribution is 2.34. The number of fused-ring (bicyclic) bond motifs is 1. The van der Waals surface area contributed by atoms with E-state index in [2.05, 4.69) is 34.0 Å². The zero-order chi connectivity index (χ0) is 26.0. The lowest BCUT2D eigenvalue weighted by Gasteiger charge is -2.26. The molecule has 7 nitrogen and oxygen atoms in total. The van der Waals surface area contributed by atoms with Crippen LogP contribution in [0.2, 0.25) is 5.02 Å². The molecule has 4 rings (SSSR count). The summed E-state index contributed by atoms with van der Waals surface area (Å²) in [6, 6.07) is 13.2. The van der Waals surface area contributed by atoms with Crippen LogP contribution in [0.15, 0.2) is 55.4 Å². The molecule has 0 unspecified atom stereocenters. The topological polar surface area (TPSA) is 81.9 Å². The van der Waals surface area contributed by atoms with Gasteiger partial charge in [0.1, 0.15) is 17.8 Å².